The van der Waals surface area contributed by atoms with E-state index in [1.165, 1.54) is 0 Å². The van der Waals surface area contributed by atoms with E-state index >= 15 is 0 Å². The largest absolute Gasteiger partial charge is 0.480 e. The Kier molecular flexibility index (Phi) is 5.27. The minimum Gasteiger partial charge on any atom is -0.480 e. The Hall–Kier alpha value is -1.88. The third kappa shape index (κ3) is 4.06. The molecular weight excluding hydrogens is 256 g/mol. The molecule has 1 amide bonds. The summed E-state index contributed by atoms with van der Waals surface area (Å²) in [6.07, 6.45) is 0. The van der Waals surface area contributed by atoms with Crippen LogP contribution in [0.1, 0.15) is 26.3 Å². The highest BCUT2D eigenvalue weighted by Gasteiger charge is 2.34. The molecule has 0 aliphatic carbocycles. The van der Waals surface area contributed by atoms with Gasteiger partial charge in [0.1, 0.15) is 5.54 Å². The molecule has 5 heteroatoms. The number of rotatable bonds is 6. The predicted octanol–water partition coefficient (Wildman–Crippen LogP) is 2.12. The van der Waals surface area contributed by atoms with Crippen LogP contribution in [0.25, 0.3) is 0 Å². The second kappa shape index (κ2) is 6.52. The molecule has 0 aliphatic heterocycles. The summed E-state index contributed by atoms with van der Waals surface area (Å²) in [5.74, 6) is -1.16. The minimum absolute atomic E-state index is 0.0454. The molecule has 0 atom stereocenters. The Morgan fingerprint density at radius 3 is 2.50 bits per heavy atom. The van der Waals surface area contributed by atoms with Crippen molar-refractivity contribution in [3.05, 3.63) is 29.8 Å². The van der Waals surface area contributed by atoms with Crippen LogP contribution in [0.4, 0.5) is 5.69 Å². The lowest BCUT2D eigenvalue weighted by molar-refractivity contribution is -0.149. The highest BCUT2D eigenvalue weighted by atomic mass is 16.4. The molecule has 0 fully saturated rings. The molecule has 0 aliphatic rings. The fourth-order valence-electron chi connectivity index (χ4n) is 1.94. The van der Waals surface area contributed by atoms with Gasteiger partial charge in [-0.05, 0) is 45.0 Å². The van der Waals surface area contributed by atoms with E-state index in [0.717, 1.165) is 11.3 Å². The van der Waals surface area contributed by atoms with Crippen molar-refractivity contribution in [3.8, 4) is 0 Å². The number of carbonyl (C=O) groups excluding carboxylic acids is 1. The van der Waals surface area contributed by atoms with Gasteiger partial charge in [0, 0.05) is 5.69 Å². The van der Waals surface area contributed by atoms with Gasteiger partial charge >= 0.3 is 5.97 Å². The van der Waals surface area contributed by atoms with E-state index in [2.05, 4.69) is 5.32 Å². The van der Waals surface area contributed by atoms with Crippen molar-refractivity contribution in [2.45, 2.75) is 33.2 Å². The first kappa shape index (κ1) is 16.2. The molecule has 1 aromatic rings. The number of nitrogens with one attached hydrogen (secondary N) is 1. The van der Waals surface area contributed by atoms with Crippen LogP contribution >= 0.6 is 0 Å². The number of aryl methyl sites for hydroxylation is 1. The summed E-state index contributed by atoms with van der Waals surface area (Å²) < 4.78 is 0. The summed E-state index contributed by atoms with van der Waals surface area (Å²) in [5, 5.41) is 12.0. The number of benzene rings is 1. The number of hydrogen-bond donors (Lipinski definition) is 2. The molecular formula is C15H22N2O3. The highest BCUT2D eigenvalue weighted by Crippen LogP contribution is 2.15. The second-order valence-electron chi connectivity index (χ2n) is 5.30. The Bertz CT molecular complexity index is 498. The van der Waals surface area contributed by atoms with Crippen LogP contribution < -0.4 is 5.32 Å². The molecule has 0 saturated carbocycles. The highest BCUT2D eigenvalue weighted by molar-refractivity contribution is 5.92. The zero-order chi connectivity index (χ0) is 15.3. The SMILES string of the molecule is CCN(CC(=O)Nc1cccc(C)c1)C(C)(C)C(=O)O. The van der Waals surface area contributed by atoms with E-state index in [1.807, 2.05) is 38.1 Å². The van der Waals surface area contributed by atoms with Gasteiger partial charge in [-0.15, -0.1) is 0 Å². The Balaban J connectivity index is 2.71. The lowest BCUT2D eigenvalue weighted by Crippen LogP contribution is -2.52. The monoisotopic (exact) mass is 278 g/mol. The molecule has 0 heterocycles. The lowest BCUT2D eigenvalue weighted by atomic mass is 10.0. The van der Waals surface area contributed by atoms with Crippen molar-refractivity contribution in [2.24, 2.45) is 0 Å². The lowest BCUT2D eigenvalue weighted by Gasteiger charge is -2.33. The molecule has 0 aromatic heterocycles. The standard InChI is InChI=1S/C15H22N2O3/c1-5-17(15(3,4)14(19)20)10-13(18)16-12-8-6-7-11(2)9-12/h6-9H,5,10H2,1-4H3,(H,16,18)(H,19,20). The molecule has 0 unspecified atom stereocenters. The molecule has 1 rings (SSSR count). The first-order valence-corrected chi connectivity index (χ1v) is 6.62. The number of amides is 1. The van der Waals surface area contributed by atoms with Crippen LogP contribution in [0.2, 0.25) is 0 Å². The van der Waals surface area contributed by atoms with Crippen molar-refractivity contribution in [3.63, 3.8) is 0 Å². The van der Waals surface area contributed by atoms with Gasteiger partial charge in [-0.1, -0.05) is 19.1 Å². The topological polar surface area (TPSA) is 69.6 Å². The van der Waals surface area contributed by atoms with E-state index in [1.54, 1.807) is 18.7 Å². The number of likely N-dealkylation sites (N-methyl/N-ethyl adjacent to an activating group) is 1. The fraction of sp³-hybridized carbons (Fsp3) is 0.467. The fourth-order valence-corrected chi connectivity index (χ4v) is 1.94. The quantitative estimate of drug-likeness (QED) is 0.836. The molecule has 0 spiro atoms. The Morgan fingerprint density at radius 2 is 2.00 bits per heavy atom. The zero-order valence-electron chi connectivity index (χ0n) is 12.4. The van der Waals surface area contributed by atoms with Crippen molar-refractivity contribution in [1.82, 2.24) is 4.90 Å². The Morgan fingerprint density at radius 1 is 1.35 bits per heavy atom. The van der Waals surface area contributed by atoms with Gasteiger partial charge < -0.3 is 10.4 Å². The van der Waals surface area contributed by atoms with Gasteiger partial charge in [-0.3, -0.25) is 14.5 Å². The number of hydrogen-bond acceptors (Lipinski definition) is 3. The summed E-state index contributed by atoms with van der Waals surface area (Å²) in [7, 11) is 0. The molecule has 110 valence electrons. The Labute approximate surface area is 119 Å². The van der Waals surface area contributed by atoms with Crippen LogP contribution in [-0.2, 0) is 9.59 Å². The third-order valence-corrected chi connectivity index (χ3v) is 3.33. The van der Waals surface area contributed by atoms with Crippen LogP contribution in [0.5, 0.6) is 0 Å². The normalized spacial score (nSPS) is 11.4. The summed E-state index contributed by atoms with van der Waals surface area (Å²) in [5.41, 5.74) is 0.707. The third-order valence-electron chi connectivity index (χ3n) is 3.33. The van der Waals surface area contributed by atoms with Gasteiger partial charge in [0.25, 0.3) is 0 Å². The van der Waals surface area contributed by atoms with Gasteiger partial charge in [-0.25, -0.2) is 0 Å². The van der Waals surface area contributed by atoms with Crippen molar-refractivity contribution in [2.75, 3.05) is 18.4 Å². The van der Waals surface area contributed by atoms with Gasteiger partial charge in [0.2, 0.25) is 5.91 Å². The summed E-state index contributed by atoms with van der Waals surface area (Å²) >= 11 is 0. The maximum absolute atomic E-state index is 12.0. The summed E-state index contributed by atoms with van der Waals surface area (Å²) in [6.45, 7) is 7.51. The number of carboxylic acid groups (broad SMARTS) is 1. The van der Waals surface area contributed by atoms with Crippen molar-refractivity contribution >= 4 is 17.6 Å². The van der Waals surface area contributed by atoms with Crippen LogP contribution in [0.15, 0.2) is 24.3 Å². The predicted molar refractivity (Wildman–Crippen MR) is 78.8 cm³/mol. The molecule has 0 bridgehead atoms. The van der Waals surface area contributed by atoms with Crippen LogP contribution in [0.3, 0.4) is 0 Å². The van der Waals surface area contributed by atoms with E-state index in [0.29, 0.717) is 6.54 Å². The zero-order valence-corrected chi connectivity index (χ0v) is 12.4. The average Bonchev–Trinajstić information content (AvgIpc) is 2.35. The molecule has 0 saturated heterocycles. The molecule has 1 aromatic carbocycles. The van der Waals surface area contributed by atoms with E-state index in [-0.39, 0.29) is 12.5 Å². The van der Waals surface area contributed by atoms with Gasteiger partial charge in [0.15, 0.2) is 0 Å². The number of anilines is 1. The van der Waals surface area contributed by atoms with Gasteiger partial charge in [0.05, 0.1) is 6.54 Å². The number of aliphatic carboxylic acids is 1. The van der Waals surface area contributed by atoms with Crippen LogP contribution in [-0.4, -0.2) is 40.5 Å². The average molecular weight is 278 g/mol. The first-order valence-electron chi connectivity index (χ1n) is 6.62. The van der Waals surface area contributed by atoms with E-state index < -0.39 is 11.5 Å². The number of nitrogens with zero attached hydrogens (tertiary/aromatic N) is 1. The van der Waals surface area contributed by atoms with E-state index in [9.17, 15) is 14.7 Å². The van der Waals surface area contributed by atoms with Crippen molar-refractivity contribution < 1.29 is 14.7 Å². The second-order valence-corrected chi connectivity index (χ2v) is 5.30. The summed E-state index contributed by atoms with van der Waals surface area (Å²) in [4.78, 5) is 24.9. The molecule has 0 radical (unpaired) electrons. The van der Waals surface area contributed by atoms with Gasteiger partial charge in [-0.2, -0.15) is 0 Å². The molecule has 20 heavy (non-hydrogen) atoms. The van der Waals surface area contributed by atoms with E-state index in [4.69, 9.17) is 0 Å². The smallest absolute Gasteiger partial charge is 0.323 e. The van der Waals surface area contributed by atoms with Crippen molar-refractivity contribution in [1.29, 1.82) is 0 Å². The molecule has 5 nitrogen and oxygen atoms in total. The summed E-state index contributed by atoms with van der Waals surface area (Å²) in [6, 6.07) is 7.49. The maximum atomic E-state index is 12.0. The first-order chi connectivity index (χ1) is 9.27. The number of carboxylic acids is 1. The van der Waals surface area contributed by atoms with Crippen LogP contribution in [0, 0.1) is 6.92 Å². The number of carbonyl (C=O) groups is 2. The molecule has 2 N–H and O–H groups in total. The maximum Gasteiger partial charge on any atom is 0.323 e. The minimum atomic E-state index is -1.07.